The standard InChI is InChI=1S/C17H14BrCl2F2N5O/c1-9-15(18)16(17(21)22)25-27(9)8-14(28)24-11-5-23-26(7-11)6-10-2-3-12(19)13(20)4-10/h2-5,7,17H,6,8H2,1H3,(H,24,28). The summed E-state index contributed by atoms with van der Waals surface area (Å²) in [5.74, 6) is -0.409. The van der Waals surface area contributed by atoms with Gasteiger partial charge in [-0.2, -0.15) is 10.2 Å². The van der Waals surface area contributed by atoms with Gasteiger partial charge in [-0.1, -0.05) is 29.3 Å². The highest BCUT2D eigenvalue weighted by molar-refractivity contribution is 9.10. The molecule has 0 saturated carbocycles. The van der Waals surface area contributed by atoms with Crippen molar-refractivity contribution in [2.75, 3.05) is 5.32 Å². The summed E-state index contributed by atoms with van der Waals surface area (Å²) in [7, 11) is 0. The Morgan fingerprint density at radius 2 is 2.07 bits per heavy atom. The Morgan fingerprint density at radius 3 is 2.71 bits per heavy atom. The van der Waals surface area contributed by atoms with Crippen molar-refractivity contribution in [2.24, 2.45) is 0 Å². The van der Waals surface area contributed by atoms with E-state index >= 15 is 0 Å². The second-order valence-electron chi connectivity index (χ2n) is 5.97. The van der Waals surface area contributed by atoms with E-state index in [1.54, 1.807) is 29.9 Å². The first-order valence-corrected chi connectivity index (χ1v) is 9.56. The maximum atomic E-state index is 12.9. The minimum absolute atomic E-state index is 0.199. The number of halogens is 5. The smallest absolute Gasteiger partial charge is 0.283 e. The maximum absolute atomic E-state index is 12.9. The second-order valence-corrected chi connectivity index (χ2v) is 7.57. The number of rotatable bonds is 6. The number of nitrogens with one attached hydrogen (secondary N) is 1. The monoisotopic (exact) mass is 491 g/mol. The quantitative estimate of drug-likeness (QED) is 0.521. The summed E-state index contributed by atoms with van der Waals surface area (Å²) in [6.45, 7) is 1.84. The van der Waals surface area contributed by atoms with Gasteiger partial charge in [0.2, 0.25) is 5.91 Å². The van der Waals surface area contributed by atoms with Gasteiger partial charge < -0.3 is 5.32 Å². The van der Waals surface area contributed by atoms with Gasteiger partial charge in [0.25, 0.3) is 6.43 Å². The number of benzene rings is 1. The van der Waals surface area contributed by atoms with Gasteiger partial charge in [-0.05, 0) is 40.5 Å². The fraction of sp³-hybridized carbons (Fsp3) is 0.235. The van der Waals surface area contributed by atoms with E-state index in [1.165, 1.54) is 10.9 Å². The molecule has 0 saturated heterocycles. The molecule has 0 bridgehead atoms. The van der Waals surface area contributed by atoms with E-state index in [2.05, 4.69) is 31.4 Å². The van der Waals surface area contributed by atoms with Crippen LogP contribution in [0.2, 0.25) is 10.0 Å². The SMILES string of the molecule is Cc1c(Br)c(C(F)F)nn1CC(=O)Nc1cnn(Cc2ccc(Cl)c(Cl)c2)c1. The zero-order chi connectivity index (χ0) is 20.4. The van der Waals surface area contributed by atoms with Crippen molar-refractivity contribution in [3.8, 4) is 0 Å². The van der Waals surface area contributed by atoms with Crippen LogP contribution in [-0.4, -0.2) is 25.5 Å². The minimum atomic E-state index is -2.73. The van der Waals surface area contributed by atoms with E-state index in [0.29, 0.717) is 28.0 Å². The highest BCUT2D eigenvalue weighted by atomic mass is 79.9. The van der Waals surface area contributed by atoms with Crippen molar-refractivity contribution in [2.45, 2.75) is 26.4 Å². The first-order valence-electron chi connectivity index (χ1n) is 8.01. The number of anilines is 1. The summed E-state index contributed by atoms with van der Waals surface area (Å²) < 4.78 is 28.8. The molecule has 0 aliphatic heterocycles. The fourth-order valence-electron chi connectivity index (χ4n) is 2.52. The Morgan fingerprint density at radius 1 is 1.32 bits per heavy atom. The minimum Gasteiger partial charge on any atom is -0.322 e. The van der Waals surface area contributed by atoms with Gasteiger partial charge in [0.1, 0.15) is 12.2 Å². The molecular formula is C17H14BrCl2F2N5O. The third kappa shape index (κ3) is 4.71. The molecule has 0 atom stereocenters. The number of carbonyl (C=O) groups excluding carboxylic acids is 1. The summed E-state index contributed by atoms with van der Waals surface area (Å²) in [6.07, 6.45) is 0.417. The maximum Gasteiger partial charge on any atom is 0.283 e. The number of hydrogen-bond acceptors (Lipinski definition) is 3. The van der Waals surface area contributed by atoms with Crippen LogP contribution in [0.25, 0.3) is 0 Å². The summed E-state index contributed by atoms with van der Waals surface area (Å²) >= 11 is 15.0. The lowest BCUT2D eigenvalue weighted by Gasteiger charge is -2.05. The number of carbonyl (C=O) groups is 1. The van der Waals surface area contributed by atoms with E-state index in [4.69, 9.17) is 23.2 Å². The number of nitrogens with zero attached hydrogens (tertiary/aromatic N) is 4. The van der Waals surface area contributed by atoms with Gasteiger partial charge in [-0.3, -0.25) is 14.2 Å². The summed E-state index contributed by atoms with van der Waals surface area (Å²) in [5, 5.41) is 11.5. The van der Waals surface area contributed by atoms with Crippen LogP contribution in [0.3, 0.4) is 0 Å². The average Bonchev–Trinajstić information content (AvgIpc) is 3.17. The lowest BCUT2D eigenvalue weighted by atomic mass is 10.2. The molecule has 3 aromatic rings. The van der Waals surface area contributed by atoms with Gasteiger partial charge in [-0.25, -0.2) is 8.78 Å². The fourth-order valence-corrected chi connectivity index (χ4v) is 3.29. The van der Waals surface area contributed by atoms with Gasteiger partial charge in [0.05, 0.1) is 38.6 Å². The van der Waals surface area contributed by atoms with E-state index in [0.717, 1.165) is 5.56 Å². The molecule has 28 heavy (non-hydrogen) atoms. The van der Waals surface area contributed by atoms with Crippen molar-refractivity contribution in [3.05, 3.63) is 62.1 Å². The van der Waals surface area contributed by atoms with Gasteiger partial charge in [-0.15, -0.1) is 0 Å². The summed E-state index contributed by atoms with van der Waals surface area (Å²) in [6, 6.07) is 5.26. The molecule has 0 aliphatic rings. The Balaban J connectivity index is 1.64. The third-order valence-electron chi connectivity index (χ3n) is 3.90. The van der Waals surface area contributed by atoms with Crippen LogP contribution < -0.4 is 5.32 Å². The van der Waals surface area contributed by atoms with E-state index in [-0.39, 0.29) is 16.7 Å². The number of aromatic nitrogens is 4. The highest BCUT2D eigenvalue weighted by Crippen LogP contribution is 2.29. The van der Waals surface area contributed by atoms with Crippen molar-refractivity contribution in [1.82, 2.24) is 19.6 Å². The van der Waals surface area contributed by atoms with Gasteiger partial charge in [0, 0.05) is 6.20 Å². The van der Waals surface area contributed by atoms with Crippen molar-refractivity contribution < 1.29 is 13.6 Å². The molecule has 6 nitrogen and oxygen atoms in total. The van der Waals surface area contributed by atoms with Crippen LogP contribution in [0.4, 0.5) is 14.5 Å². The van der Waals surface area contributed by atoms with E-state index in [1.807, 2.05) is 6.07 Å². The topological polar surface area (TPSA) is 64.7 Å². The molecular weight excluding hydrogens is 479 g/mol. The molecule has 2 aromatic heterocycles. The lowest BCUT2D eigenvalue weighted by Crippen LogP contribution is -2.20. The Kier molecular flexibility index (Phi) is 6.36. The van der Waals surface area contributed by atoms with Crippen LogP contribution >= 0.6 is 39.1 Å². The molecule has 1 aromatic carbocycles. The zero-order valence-electron chi connectivity index (χ0n) is 14.5. The van der Waals surface area contributed by atoms with Crippen molar-refractivity contribution >= 4 is 50.7 Å². The predicted octanol–water partition coefficient (Wildman–Crippen LogP) is 5.08. The zero-order valence-corrected chi connectivity index (χ0v) is 17.6. The molecule has 1 amide bonds. The number of amides is 1. The molecule has 3 rings (SSSR count). The summed E-state index contributed by atoms with van der Waals surface area (Å²) in [4.78, 5) is 12.2. The Bertz CT molecular complexity index is 1020. The predicted molar refractivity (Wildman–Crippen MR) is 106 cm³/mol. The molecule has 0 spiro atoms. The number of hydrogen-bond donors (Lipinski definition) is 1. The number of alkyl halides is 2. The molecule has 2 heterocycles. The summed E-state index contributed by atoms with van der Waals surface area (Å²) in [5.41, 5.74) is 1.43. The van der Waals surface area contributed by atoms with Crippen molar-refractivity contribution in [3.63, 3.8) is 0 Å². The first kappa shape index (κ1) is 20.8. The largest absolute Gasteiger partial charge is 0.322 e. The first-order chi connectivity index (χ1) is 13.2. The third-order valence-corrected chi connectivity index (χ3v) is 5.62. The van der Waals surface area contributed by atoms with Gasteiger partial charge >= 0.3 is 0 Å². The second kappa shape index (κ2) is 8.59. The molecule has 148 valence electrons. The molecule has 0 aliphatic carbocycles. The molecule has 11 heteroatoms. The normalized spacial score (nSPS) is 11.2. The van der Waals surface area contributed by atoms with Gasteiger partial charge in [0.15, 0.2) is 0 Å². The lowest BCUT2D eigenvalue weighted by molar-refractivity contribution is -0.117. The molecule has 0 unspecified atom stereocenters. The van der Waals surface area contributed by atoms with Crippen molar-refractivity contribution in [1.29, 1.82) is 0 Å². The van der Waals surface area contributed by atoms with Crippen LogP contribution in [0.1, 0.15) is 23.4 Å². The molecule has 0 radical (unpaired) electrons. The van der Waals surface area contributed by atoms with Crippen LogP contribution in [0.15, 0.2) is 35.1 Å². The van der Waals surface area contributed by atoms with Crippen LogP contribution in [0.5, 0.6) is 0 Å². The highest BCUT2D eigenvalue weighted by Gasteiger charge is 2.21. The van der Waals surface area contributed by atoms with E-state index < -0.39 is 12.3 Å². The van der Waals surface area contributed by atoms with E-state index in [9.17, 15) is 13.6 Å². The molecule has 0 fully saturated rings. The van der Waals surface area contributed by atoms with Crippen LogP contribution in [-0.2, 0) is 17.9 Å². The molecule has 1 N–H and O–H groups in total. The Labute approximate surface area is 177 Å². The Hall–Kier alpha value is -1.97. The average molecular weight is 493 g/mol. The van der Waals surface area contributed by atoms with Crippen LogP contribution in [0, 0.1) is 6.92 Å².